The van der Waals surface area contributed by atoms with Crippen molar-refractivity contribution in [2.45, 2.75) is 42.4 Å². The summed E-state index contributed by atoms with van der Waals surface area (Å²) < 4.78 is 50.8. The van der Waals surface area contributed by atoms with Gasteiger partial charge in [0.05, 0.1) is 17.9 Å². The van der Waals surface area contributed by atoms with Crippen molar-refractivity contribution < 1.29 is 21.6 Å². The first-order valence-corrected chi connectivity index (χ1v) is 13.5. The first-order chi connectivity index (χ1) is 13.2. The quantitative estimate of drug-likeness (QED) is 0.594. The molecule has 0 bridgehead atoms. The maximum Gasteiger partial charge on any atom is 0.252 e. The van der Waals surface area contributed by atoms with Crippen LogP contribution < -0.4 is 0 Å². The van der Waals surface area contributed by atoms with Crippen LogP contribution >= 0.6 is 11.3 Å². The predicted molar refractivity (Wildman–Crippen MR) is 110 cm³/mol. The minimum atomic E-state index is -3.51. The standard InChI is InChI=1S/C18H26N2O5S3/c1-2-9-20(15-8-12-27(22,23)14-15)17(21)13-16-6-7-18(26-16)28(24,25)19-10-4-3-5-11-19/h2,6-7,15H,1,3-5,8-14H2. The molecule has 10 heteroatoms. The third-order valence-corrected chi connectivity index (χ3v) is 10.4. The van der Waals surface area contributed by atoms with Gasteiger partial charge in [0.1, 0.15) is 4.21 Å². The highest BCUT2D eigenvalue weighted by Crippen LogP contribution is 2.28. The van der Waals surface area contributed by atoms with Crippen molar-refractivity contribution in [2.75, 3.05) is 31.1 Å². The summed E-state index contributed by atoms with van der Waals surface area (Å²) >= 11 is 1.12. The summed E-state index contributed by atoms with van der Waals surface area (Å²) in [5, 5.41) is 0. The molecule has 0 aliphatic carbocycles. The summed E-state index contributed by atoms with van der Waals surface area (Å²) in [5.41, 5.74) is 0. The van der Waals surface area contributed by atoms with Gasteiger partial charge in [-0.15, -0.1) is 17.9 Å². The van der Waals surface area contributed by atoms with E-state index in [1.165, 1.54) is 4.31 Å². The highest BCUT2D eigenvalue weighted by molar-refractivity contribution is 7.91. The SMILES string of the molecule is C=CCN(C(=O)Cc1ccc(S(=O)(=O)N2CCCCC2)s1)C1CCS(=O)(=O)C1. The Hall–Kier alpha value is -1.23. The van der Waals surface area contributed by atoms with Gasteiger partial charge in [0, 0.05) is 30.6 Å². The molecule has 28 heavy (non-hydrogen) atoms. The lowest BCUT2D eigenvalue weighted by atomic mass is 10.2. The summed E-state index contributed by atoms with van der Waals surface area (Å²) in [6, 6.07) is 2.90. The molecule has 0 aromatic carbocycles. The number of rotatable bonds is 7. The predicted octanol–water partition coefficient (Wildman–Crippen LogP) is 1.67. The number of hydrogen-bond donors (Lipinski definition) is 0. The molecule has 2 aliphatic heterocycles. The highest BCUT2D eigenvalue weighted by Gasteiger charge is 2.34. The lowest BCUT2D eigenvalue weighted by molar-refractivity contribution is -0.131. The van der Waals surface area contributed by atoms with E-state index in [2.05, 4.69) is 6.58 Å². The number of carbonyl (C=O) groups excluding carboxylic acids is 1. The van der Waals surface area contributed by atoms with E-state index in [9.17, 15) is 21.6 Å². The lowest BCUT2D eigenvalue weighted by Crippen LogP contribution is -2.42. The molecule has 3 heterocycles. The zero-order valence-electron chi connectivity index (χ0n) is 15.7. The second-order valence-electron chi connectivity index (χ2n) is 7.25. The topological polar surface area (TPSA) is 91.8 Å². The van der Waals surface area contributed by atoms with Crippen molar-refractivity contribution in [1.29, 1.82) is 0 Å². The fraction of sp³-hybridized carbons (Fsp3) is 0.611. The van der Waals surface area contributed by atoms with E-state index in [1.54, 1.807) is 23.1 Å². The minimum Gasteiger partial charge on any atom is -0.335 e. The Balaban J connectivity index is 1.71. The van der Waals surface area contributed by atoms with Crippen LogP contribution in [0.4, 0.5) is 0 Å². The van der Waals surface area contributed by atoms with E-state index in [0.29, 0.717) is 24.4 Å². The second-order valence-corrected chi connectivity index (χ2v) is 12.8. The molecular formula is C18H26N2O5S3. The Morgan fingerprint density at radius 3 is 2.61 bits per heavy atom. The number of hydrogen-bond acceptors (Lipinski definition) is 6. The summed E-state index contributed by atoms with van der Waals surface area (Å²) in [6.45, 7) is 5.02. The van der Waals surface area contributed by atoms with Gasteiger partial charge < -0.3 is 4.90 Å². The molecule has 0 saturated carbocycles. The molecule has 3 rings (SSSR count). The Bertz CT molecular complexity index is 930. The zero-order chi connectivity index (χ0) is 20.4. The molecule has 1 aromatic rings. The summed E-state index contributed by atoms with van der Waals surface area (Å²) in [4.78, 5) is 15.0. The third kappa shape index (κ3) is 4.84. The average molecular weight is 447 g/mol. The average Bonchev–Trinajstić information content (AvgIpc) is 3.27. The maximum atomic E-state index is 12.8. The van der Waals surface area contributed by atoms with E-state index in [1.807, 2.05) is 0 Å². The van der Waals surface area contributed by atoms with Gasteiger partial charge in [-0.05, 0) is 31.4 Å². The molecular weight excluding hydrogens is 420 g/mol. The number of piperidine rings is 1. The number of carbonyl (C=O) groups is 1. The molecule has 0 N–H and O–H groups in total. The Labute approximate surface area is 171 Å². The lowest BCUT2D eigenvalue weighted by Gasteiger charge is -2.27. The fourth-order valence-corrected chi connectivity index (χ4v) is 8.44. The van der Waals surface area contributed by atoms with Crippen LogP contribution in [0.15, 0.2) is 29.0 Å². The highest BCUT2D eigenvalue weighted by atomic mass is 32.2. The molecule has 156 valence electrons. The Kier molecular flexibility index (Phi) is 6.63. The number of thiophene rings is 1. The number of nitrogens with zero attached hydrogens (tertiary/aromatic N) is 2. The van der Waals surface area contributed by atoms with Crippen molar-refractivity contribution in [1.82, 2.24) is 9.21 Å². The molecule has 0 radical (unpaired) electrons. The summed E-state index contributed by atoms with van der Waals surface area (Å²) in [7, 11) is -6.61. The van der Waals surface area contributed by atoms with Crippen molar-refractivity contribution in [2.24, 2.45) is 0 Å². The van der Waals surface area contributed by atoms with E-state index < -0.39 is 19.9 Å². The van der Waals surface area contributed by atoms with Crippen molar-refractivity contribution in [3.63, 3.8) is 0 Å². The van der Waals surface area contributed by atoms with Crippen LogP contribution in [0.3, 0.4) is 0 Å². The second kappa shape index (κ2) is 8.64. The van der Waals surface area contributed by atoms with E-state index >= 15 is 0 Å². The molecule has 0 spiro atoms. The Morgan fingerprint density at radius 2 is 2.00 bits per heavy atom. The fourth-order valence-electron chi connectivity index (χ4n) is 3.69. The van der Waals surface area contributed by atoms with Gasteiger partial charge in [0.2, 0.25) is 5.91 Å². The maximum absolute atomic E-state index is 12.8. The van der Waals surface area contributed by atoms with Gasteiger partial charge in [-0.25, -0.2) is 16.8 Å². The third-order valence-electron chi connectivity index (χ3n) is 5.17. The van der Waals surface area contributed by atoms with Crippen molar-refractivity contribution in [3.05, 3.63) is 29.7 Å². The molecule has 2 fully saturated rings. The summed E-state index contributed by atoms with van der Waals surface area (Å²) in [6.07, 6.45) is 4.87. The van der Waals surface area contributed by atoms with Crippen LogP contribution in [-0.2, 0) is 31.1 Å². The Morgan fingerprint density at radius 1 is 1.29 bits per heavy atom. The smallest absolute Gasteiger partial charge is 0.252 e. The first-order valence-electron chi connectivity index (χ1n) is 9.42. The van der Waals surface area contributed by atoms with Gasteiger partial charge in [0.25, 0.3) is 10.0 Å². The molecule has 1 atom stereocenters. The van der Waals surface area contributed by atoms with Crippen molar-refractivity contribution >= 4 is 37.1 Å². The number of amides is 1. The van der Waals surface area contributed by atoms with Crippen LogP contribution in [0, 0.1) is 0 Å². The summed E-state index contributed by atoms with van der Waals surface area (Å²) in [5.74, 6) is -0.132. The normalized spacial score (nSPS) is 22.8. The number of sulfonamides is 1. The molecule has 2 aliphatic rings. The molecule has 7 nitrogen and oxygen atoms in total. The van der Waals surface area contributed by atoms with E-state index in [-0.39, 0.29) is 40.6 Å². The number of sulfone groups is 1. The van der Waals surface area contributed by atoms with Crippen LogP contribution in [0.2, 0.25) is 0 Å². The van der Waals surface area contributed by atoms with Gasteiger partial charge in [0.15, 0.2) is 9.84 Å². The van der Waals surface area contributed by atoms with Gasteiger partial charge in [-0.2, -0.15) is 4.31 Å². The van der Waals surface area contributed by atoms with Crippen molar-refractivity contribution in [3.8, 4) is 0 Å². The monoisotopic (exact) mass is 446 g/mol. The van der Waals surface area contributed by atoms with E-state index in [0.717, 1.165) is 30.6 Å². The van der Waals surface area contributed by atoms with Gasteiger partial charge in [-0.3, -0.25) is 4.79 Å². The minimum absolute atomic E-state index is 0.0222. The van der Waals surface area contributed by atoms with Crippen LogP contribution in [-0.4, -0.2) is 69.1 Å². The van der Waals surface area contributed by atoms with Gasteiger partial charge in [-0.1, -0.05) is 12.5 Å². The molecule has 1 amide bonds. The van der Waals surface area contributed by atoms with Crippen LogP contribution in [0.25, 0.3) is 0 Å². The molecule has 1 unspecified atom stereocenters. The van der Waals surface area contributed by atoms with Gasteiger partial charge >= 0.3 is 0 Å². The molecule has 2 saturated heterocycles. The van der Waals surface area contributed by atoms with Crippen LogP contribution in [0.5, 0.6) is 0 Å². The zero-order valence-corrected chi connectivity index (χ0v) is 18.2. The molecule has 1 aromatic heterocycles. The van der Waals surface area contributed by atoms with E-state index in [4.69, 9.17) is 0 Å². The largest absolute Gasteiger partial charge is 0.335 e. The van der Waals surface area contributed by atoms with Crippen LogP contribution in [0.1, 0.15) is 30.6 Å². The first kappa shape index (κ1) is 21.5.